The smallest absolute Gasteiger partial charge is 0.240 e. The number of aryl methyl sites for hydroxylation is 3. The van der Waals surface area contributed by atoms with Crippen molar-refractivity contribution < 1.29 is 13.2 Å². The highest BCUT2D eigenvalue weighted by Gasteiger charge is 2.16. The van der Waals surface area contributed by atoms with E-state index in [-0.39, 0.29) is 23.8 Å². The predicted molar refractivity (Wildman–Crippen MR) is 113 cm³/mol. The Kier molecular flexibility index (Phi) is 6.66. The number of carbonyl (C=O) groups is 1. The molecule has 29 heavy (non-hydrogen) atoms. The fourth-order valence-corrected chi connectivity index (χ4v) is 4.43. The summed E-state index contributed by atoms with van der Waals surface area (Å²) < 4.78 is 27.3. The molecule has 8 heteroatoms. The average molecular weight is 415 g/mol. The molecule has 0 bridgehead atoms. The summed E-state index contributed by atoms with van der Waals surface area (Å²) in [5.41, 5.74) is 3.63. The van der Waals surface area contributed by atoms with Gasteiger partial charge in [-0.3, -0.25) is 4.79 Å². The van der Waals surface area contributed by atoms with Crippen LogP contribution < -0.4 is 10.0 Å². The monoisotopic (exact) mass is 414 g/mol. The zero-order chi connectivity index (χ0) is 20.9. The molecule has 3 aromatic rings. The SMILES string of the molecule is Cc1ccc(S(=O)(=O)NCCC(=O)NCCCc2nc3ccccc3[nH]2)c(C)c1. The van der Waals surface area contributed by atoms with E-state index in [1.165, 1.54) is 0 Å². The third-order valence-electron chi connectivity index (χ3n) is 4.62. The van der Waals surface area contributed by atoms with Crippen molar-refractivity contribution in [1.29, 1.82) is 0 Å². The number of hydrogen-bond acceptors (Lipinski definition) is 4. The zero-order valence-corrected chi connectivity index (χ0v) is 17.5. The van der Waals surface area contributed by atoms with Crippen LogP contribution in [0.2, 0.25) is 0 Å². The van der Waals surface area contributed by atoms with E-state index < -0.39 is 10.0 Å². The van der Waals surface area contributed by atoms with E-state index in [2.05, 4.69) is 20.0 Å². The molecule has 0 saturated carbocycles. The summed E-state index contributed by atoms with van der Waals surface area (Å²) in [4.78, 5) is 20.0. The van der Waals surface area contributed by atoms with Gasteiger partial charge in [-0.15, -0.1) is 0 Å². The van der Waals surface area contributed by atoms with Crippen LogP contribution in [0.25, 0.3) is 11.0 Å². The molecule has 0 aliphatic heterocycles. The van der Waals surface area contributed by atoms with E-state index in [9.17, 15) is 13.2 Å². The number of nitrogens with zero attached hydrogens (tertiary/aromatic N) is 1. The summed E-state index contributed by atoms with van der Waals surface area (Å²) in [5.74, 6) is 0.708. The number of imidazole rings is 1. The van der Waals surface area contributed by atoms with Crippen LogP contribution in [0.3, 0.4) is 0 Å². The lowest BCUT2D eigenvalue weighted by atomic mass is 10.2. The summed E-state index contributed by atoms with van der Waals surface area (Å²) in [6.45, 7) is 4.25. The predicted octanol–water partition coefficient (Wildman–Crippen LogP) is 2.60. The average Bonchev–Trinajstić information content (AvgIpc) is 3.07. The molecule has 0 aliphatic carbocycles. The number of amides is 1. The summed E-state index contributed by atoms with van der Waals surface area (Å²) >= 11 is 0. The molecule has 0 fully saturated rings. The maximum Gasteiger partial charge on any atom is 0.240 e. The minimum Gasteiger partial charge on any atom is -0.356 e. The second-order valence-corrected chi connectivity index (χ2v) is 8.81. The van der Waals surface area contributed by atoms with Gasteiger partial charge in [-0.05, 0) is 44.0 Å². The van der Waals surface area contributed by atoms with Crippen LogP contribution >= 0.6 is 0 Å². The summed E-state index contributed by atoms with van der Waals surface area (Å²) in [5, 5.41) is 2.82. The molecule has 154 valence electrons. The van der Waals surface area contributed by atoms with Gasteiger partial charge in [-0.1, -0.05) is 29.8 Å². The molecule has 0 atom stereocenters. The van der Waals surface area contributed by atoms with Crippen molar-refractivity contribution in [3.63, 3.8) is 0 Å². The fourth-order valence-electron chi connectivity index (χ4n) is 3.17. The highest BCUT2D eigenvalue weighted by Crippen LogP contribution is 2.16. The Morgan fingerprint density at radius 3 is 2.66 bits per heavy atom. The number of H-pyrrole nitrogens is 1. The van der Waals surface area contributed by atoms with Crippen LogP contribution in [0.1, 0.15) is 29.8 Å². The van der Waals surface area contributed by atoms with Crippen LogP contribution in [-0.4, -0.2) is 37.4 Å². The van der Waals surface area contributed by atoms with E-state index >= 15 is 0 Å². The first-order valence-corrected chi connectivity index (χ1v) is 11.1. The standard InChI is InChI=1S/C21H26N4O3S/c1-15-9-10-19(16(2)14-15)29(27,28)23-13-11-21(26)22-12-5-8-20-24-17-6-3-4-7-18(17)25-20/h3-4,6-7,9-10,14,23H,5,8,11-13H2,1-2H3,(H,22,26)(H,24,25). The number of hydrogen-bond donors (Lipinski definition) is 3. The highest BCUT2D eigenvalue weighted by atomic mass is 32.2. The van der Waals surface area contributed by atoms with Gasteiger partial charge in [0.05, 0.1) is 15.9 Å². The van der Waals surface area contributed by atoms with E-state index in [4.69, 9.17) is 0 Å². The second kappa shape index (κ2) is 9.19. The van der Waals surface area contributed by atoms with Crippen molar-refractivity contribution in [1.82, 2.24) is 20.0 Å². The molecule has 3 N–H and O–H groups in total. The van der Waals surface area contributed by atoms with Gasteiger partial charge in [0, 0.05) is 25.9 Å². The molecule has 2 aromatic carbocycles. The summed E-state index contributed by atoms with van der Waals surface area (Å²) in [6, 6.07) is 13.0. The molecule has 3 rings (SSSR count). The van der Waals surface area contributed by atoms with Gasteiger partial charge in [0.25, 0.3) is 0 Å². The number of fused-ring (bicyclic) bond motifs is 1. The normalized spacial score (nSPS) is 11.7. The van der Waals surface area contributed by atoms with Crippen LogP contribution in [0.15, 0.2) is 47.4 Å². The molecule has 0 radical (unpaired) electrons. The van der Waals surface area contributed by atoms with Crippen molar-refractivity contribution in [2.24, 2.45) is 0 Å². The lowest BCUT2D eigenvalue weighted by Gasteiger charge is -2.10. The Bertz CT molecular complexity index is 1070. The topological polar surface area (TPSA) is 104 Å². The van der Waals surface area contributed by atoms with Gasteiger partial charge in [0.15, 0.2) is 0 Å². The van der Waals surface area contributed by atoms with E-state index in [0.717, 1.165) is 35.3 Å². The number of nitrogens with one attached hydrogen (secondary N) is 3. The summed E-state index contributed by atoms with van der Waals surface area (Å²) in [7, 11) is -3.62. The number of sulfonamides is 1. The number of aromatic nitrogens is 2. The molecule has 0 spiro atoms. The maximum atomic E-state index is 12.4. The van der Waals surface area contributed by atoms with Crippen molar-refractivity contribution in [2.45, 2.75) is 38.0 Å². The molecule has 1 heterocycles. The lowest BCUT2D eigenvalue weighted by Crippen LogP contribution is -2.31. The Hall–Kier alpha value is -2.71. The number of benzene rings is 2. The zero-order valence-electron chi connectivity index (χ0n) is 16.7. The van der Waals surface area contributed by atoms with Crippen molar-refractivity contribution in [3.05, 3.63) is 59.4 Å². The Morgan fingerprint density at radius 1 is 1.10 bits per heavy atom. The minimum absolute atomic E-state index is 0.0606. The molecule has 1 aromatic heterocycles. The number of para-hydroxylation sites is 2. The first kappa shape index (κ1) is 21.0. The van der Waals surface area contributed by atoms with Gasteiger partial charge in [0.2, 0.25) is 15.9 Å². The van der Waals surface area contributed by atoms with Crippen LogP contribution in [0.4, 0.5) is 0 Å². The molecule has 0 saturated heterocycles. The molecular formula is C21H26N4O3S. The maximum absolute atomic E-state index is 12.4. The summed E-state index contributed by atoms with van der Waals surface area (Å²) in [6.07, 6.45) is 1.57. The lowest BCUT2D eigenvalue weighted by molar-refractivity contribution is -0.120. The third-order valence-corrected chi connectivity index (χ3v) is 6.24. The Labute approximate surface area is 171 Å². The second-order valence-electron chi connectivity index (χ2n) is 7.07. The van der Waals surface area contributed by atoms with Crippen LogP contribution in [-0.2, 0) is 21.2 Å². The van der Waals surface area contributed by atoms with Gasteiger partial charge >= 0.3 is 0 Å². The minimum atomic E-state index is -3.62. The van der Waals surface area contributed by atoms with Gasteiger partial charge in [-0.2, -0.15) is 0 Å². The van der Waals surface area contributed by atoms with E-state index in [0.29, 0.717) is 12.1 Å². The fraction of sp³-hybridized carbons (Fsp3) is 0.333. The van der Waals surface area contributed by atoms with Gasteiger partial charge in [-0.25, -0.2) is 18.1 Å². The third kappa shape index (κ3) is 5.65. The molecule has 0 unspecified atom stereocenters. The Balaban J connectivity index is 1.38. The van der Waals surface area contributed by atoms with Crippen molar-refractivity contribution >= 4 is 27.0 Å². The van der Waals surface area contributed by atoms with Crippen LogP contribution in [0.5, 0.6) is 0 Å². The van der Waals surface area contributed by atoms with Gasteiger partial charge < -0.3 is 10.3 Å². The first-order chi connectivity index (χ1) is 13.8. The molecular weight excluding hydrogens is 388 g/mol. The van der Waals surface area contributed by atoms with Crippen molar-refractivity contribution in [2.75, 3.05) is 13.1 Å². The van der Waals surface area contributed by atoms with E-state index in [1.54, 1.807) is 19.1 Å². The molecule has 0 aliphatic rings. The van der Waals surface area contributed by atoms with E-state index in [1.807, 2.05) is 37.3 Å². The largest absolute Gasteiger partial charge is 0.356 e. The number of rotatable bonds is 9. The quantitative estimate of drug-likeness (QED) is 0.468. The number of carbonyl (C=O) groups excluding carboxylic acids is 1. The molecule has 7 nitrogen and oxygen atoms in total. The highest BCUT2D eigenvalue weighted by molar-refractivity contribution is 7.89. The first-order valence-electron chi connectivity index (χ1n) is 9.62. The van der Waals surface area contributed by atoms with Gasteiger partial charge in [0.1, 0.15) is 5.82 Å². The van der Waals surface area contributed by atoms with Crippen LogP contribution in [0, 0.1) is 13.8 Å². The van der Waals surface area contributed by atoms with Crippen molar-refractivity contribution in [3.8, 4) is 0 Å². The Morgan fingerprint density at radius 2 is 1.90 bits per heavy atom. The number of aromatic amines is 1. The molecule has 1 amide bonds.